The minimum atomic E-state index is 0.167. The molecule has 1 heterocycles. The topological polar surface area (TPSA) is 51.0 Å². The number of nitrogens with zero attached hydrogens (tertiary/aromatic N) is 2. The van der Waals surface area contributed by atoms with Crippen molar-refractivity contribution >= 4 is 0 Å². The van der Waals surface area contributed by atoms with Crippen LogP contribution in [-0.4, -0.2) is 16.7 Å². The van der Waals surface area contributed by atoms with E-state index in [0.717, 1.165) is 24.2 Å². The molecule has 4 saturated carbocycles. The van der Waals surface area contributed by atoms with Gasteiger partial charge in [-0.05, 0) is 61.8 Å². The molecular formula is C17H27N3O. The van der Waals surface area contributed by atoms with Crippen LogP contribution in [0.1, 0.15) is 71.0 Å². The van der Waals surface area contributed by atoms with E-state index in [9.17, 15) is 0 Å². The zero-order valence-corrected chi connectivity index (χ0v) is 13.5. The van der Waals surface area contributed by atoms with Crippen LogP contribution < -0.4 is 5.32 Å². The smallest absolute Gasteiger partial charge is 0.232 e. The summed E-state index contributed by atoms with van der Waals surface area (Å²) in [6.45, 7) is 8.73. The van der Waals surface area contributed by atoms with Crippen LogP contribution in [0.3, 0.4) is 0 Å². The summed E-state index contributed by atoms with van der Waals surface area (Å²) in [6, 6.07) is 0. The molecule has 0 saturated heterocycles. The first-order valence-electron chi connectivity index (χ1n) is 8.48. The van der Waals surface area contributed by atoms with Gasteiger partial charge in [0.05, 0.1) is 12.0 Å². The SMILES string of the molecule is CCNCc1noc(C23CC4CC(C)(CC(C)(C4)C2)C3)n1. The molecule has 1 aromatic heterocycles. The maximum atomic E-state index is 5.74. The van der Waals surface area contributed by atoms with Crippen molar-refractivity contribution in [1.29, 1.82) is 0 Å². The molecule has 4 aliphatic carbocycles. The second-order valence-corrected chi connectivity index (χ2v) is 8.71. The number of rotatable bonds is 4. The van der Waals surface area contributed by atoms with Crippen molar-refractivity contribution in [2.75, 3.05) is 6.54 Å². The van der Waals surface area contributed by atoms with Gasteiger partial charge in [-0.2, -0.15) is 4.98 Å². The summed E-state index contributed by atoms with van der Waals surface area (Å²) in [5, 5.41) is 7.49. The molecule has 0 radical (unpaired) electrons. The van der Waals surface area contributed by atoms with E-state index in [2.05, 4.69) is 31.2 Å². The van der Waals surface area contributed by atoms with Gasteiger partial charge in [-0.1, -0.05) is 25.9 Å². The summed E-state index contributed by atoms with van der Waals surface area (Å²) >= 11 is 0. The van der Waals surface area contributed by atoms with Crippen LogP contribution in [0.2, 0.25) is 0 Å². The quantitative estimate of drug-likeness (QED) is 0.922. The lowest BCUT2D eigenvalue weighted by Gasteiger charge is -2.64. The minimum Gasteiger partial charge on any atom is -0.339 e. The van der Waals surface area contributed by atoms with Crippen molar-refractivity contribution in [2.24, 2.45) is 16.7 Å². The predicted octanol–water partition coefficient (Wildman–Crippen LogP) is 3.43. The molecule has 4 bridgehead atoms. The molecule has 0 spiro atoms. The van der Waals surface area contributed by atoms with Crippen LogP contribution in [-0.2, 0) is 12.0 Å². The number of hydrogen-bond acceptors (Lipinski definition) is 4. The van der Waals surface area contributed by atoms with Gasteiger partial charge in [0.1, 0.15) is 0 Å². The minimum absolute atomic E-state index is 0.167. The Bertz CT molecular complexity index is 534. The van der Waals surface area contributed by atoms with Crippen LogP contribution in [0.4, 0.5) is 0 Å². The zero-order chi connectivity index (χ0) is 14.7. The van der Waals surface area contributed by atoms with E-state index in [1.807, 2.05) is 0 Å². The standard InChI is InChI=1S/C17H27N3O/c1-4-18-8-13-19-14(21-20-13)17-7-12-5-15(2,10-17)9-16(3,6-12)11-17/h12,18H,4-11H2,1-3H3. The first kappa shape index (κ1) is 13.7. The molecule has 0 amide bonds. The zero-order valence-electron chi connectivity index (χ0n) is 13.5. The number of nitrogens with one attached hydrogen (secondary N) is 1. The monoisotopic (exact) mass is 289 g/mol. The van der Waals surface area contributed by atoms with E-state index in [0.29, 0.717) is 17.4 Å². The largest absolute Gasteiger partial charge is 0.339 e. The van der Waals surface area contributed by atoms with Crippen LogP contribution in [0.15, 0.2) is 4.52 Å². The van der Waals surface area contributed by atoms with E-state index in [4.69, 9.17) is 9.51 Å². The molecule has 1 aromatic rings. The van der Waals surface area contributed by atoms with Crippen LogP contribution in [0, 0.1) is 16.7 Å². The van der Waals surface area contributed by atoms with Crippen LogP contribution in [0.25, 0.3) is 0 Å². The van der Waals surface area contributed by atoms with Gasteiger partial charge in [-0.15, -0.1) is 0 Å². The van der Waals surface area contributed by atoms with Gasteiger partial charge in [0.15, 0.2) is 5.82 Å². The van der Waals surface area contributed by atoms with Gasteiger partial charge in [0, 0.05) is 0 Å². The fourth-order valence-electron chi connectivity index (χ4n) is 6.46. The molecular weight excluding hydrogens is 262 g/mol. The third-order valence-electron chi connectivity index (χ3n) is 6.08. The van der Waals surface area contributed by atoms with Gasteiger partial charge < -0.3 is 9.84 Å². The summed E-state index contributed by atoms with van der Waals surface area (Å²) < 4.78 is 5.74. The molecule has 0 aliphatic heterocycles. The lowest BCUT2D eigenvalue weighted by Crippen LogP contribution is -2.57. The summed E-state index contributed by atoms with van der Waals surface area (Å²) in [5.74, 6) is 2.61. The molecule has 1 N–H and O–H groups in total. The Balaban J connectivity index is 1.66. The van der Waals surface area contributed by atoms with Crippen molar-refractivity contribution in [3.8, 4) is 0 Å². The highest BCUT2D eigenvalue weighted by Gasteiger charge is 2.62. The van der Waals surface area contributed by atoms with Crippen molar-refractivity contribution in [1.82, 2.24) is 15.5 Å². The van der Waals surface area contributed by atoms with Crippen molar-refractivity contribution in [2.45, 2.75) is 71.3 Å². The third-order valence-corrected chi connectivity index (χ3v) is 6.08. The molecule has 5 rings (SSSR count). The molecule has 4 nitrogen and oxygen atoms in total. The summed E-state index contributed by atoms with van der Waals surface area (Å²) in [7, 11) is 0. The van der Waals surface area contributed by atoms with E-state index in [-0.39, 0.29) is 5.41 Å². The second kappa shape index (κ2) is 4.31. The molecule has 2 atom stereocenters. The highest BCUT2D eigenvalue weighted by molar-refractivity contribution is 5.20. The van der Waals surface area contributed by atoms with Crippen LogP contribution in [0.5, 0.6) is 0 Å². The summed E-state index contributed by atoms with van der Waals surface area (Å²) in [6.07, 6.45) is 7.95. The van der Waals surface area contributed by atoms with E-state index in [1.165, 1.54) is 38.5 Å². The number of hydrogen-bond donors (Lipinski definition) is 1. The molecule has 21 heavy (non-hydrogen) atoms. The van der Waals surface area contributed by atoms with Gasteiger partial charge in [0.25, 0.3) is 0 Å². The Morgan fingerprint density at radius 3 is 2.48 bits per heavy atom. The van der Waals surface area contributed by atoms with E-state index >= 15 is 0 Å². The van der Waals surface area contributed by atoms with Gasteiger partial charge in [-0.3, -0.25) is 0 Å². The van der Waals surface area contributed by atoms with E-state index < -0.39 is 0 Å². The molecule has 0 aromatic carbocycles. The van der Waals surface area contributed by atoms with Gasteiger partial charge in [0.2, 0.25) is 5.89 Å². The maximum absolute atomic E-state index is 5.74. The summed E-state index contributed by atoms with van der Waals surface area (Å²) in [4.78, 5) is 4.76. The first-order chi connectivity index (χ1) is 9.94. The Morgan fingerprint density at radius 1 is 1.14 bits per heavy atom. The Kier molecular flexibility index (Phi) is 2.82. The Hall–Kier alpha value is -0.900. The van der Waals surface area contributed by atoms with Gasteiger partial charge in [-0.25, -0.2) is 0 Å². The highest BCUT2D eigenvalue weighted by Crippen LogP contribution is 2.69. The normalized spacial score (nSPS) is 44.4. The third kappa shape index (κ3) is 2.14. The van der Waals surface area contributed by atoms with E-state index in [1.54, 1.807) is 0 Å². The molecule has 4 aliphatic rings. The predicted molar refractivity (Wildman–Crippen MR) is 80.8 cm³/mol. The van der Waals surface area contributed by atoms with Crippen molar-refractivity contribution in [3.63, 3.8) is 0 Å². The average molecular weight is 289 g/mol. The molecule has 4 heteroatoms. The van der Waals surface area contributed by atoms with Crippen molar-refractivity contribution in [3.05, 3.63) is 11.7 Å². The Labute approximate surface area is 127 Å². The molecule has 4 fully saturated rings. The lowest BCUT2D eigenvalue weighted by molar-refractivity contribution is -0.118. The van der Waals surface area contributed by atoms with Gasteiger partial charge >= 0.3 is 0 Å². The number of aromatic nitrogens is 2. The second-order valence-electron chi connectivity index (χ2n) is 8.71. The van der Waals surface area contributed by atoms with Crippen LogP contribution >= 0.6 is 0 Å². The average Bonchev–Trinajstić information content (AvgIpc) is 2.81. The fourth-order valence-corrected chi connectivity index (χ4v) is 6.46. The molecule has 2 unspecified atom stereocenters. The maximum Gasteiger partial charge on any atom is 0.232 e. The van der Waals surface area contributed by atoms with Crippen molar-refractivity contribution < 1.29 is 4.52 Å². The fraction of sp³-hybridized carbons (Fsp3) is 0.882. The summed E-state index contributed by atoms with van der Waals surface area (Å²) in [5.41, 5.74) is 1.15. The lowest BCUT2D eigenvalue weighted by atomic mass is 9.40. The Morgan fingerprint density at radius 2 is 1.86 bits per heavy atom. The molecule has 116 valence electrons. The first-order valence-corrected chi connectivity index (χ1v) is 8.48. The highest BCUT2D eigenvalue weighted by atomic mass is 16.5.